The minimum Gasteiger partial charge on any atom is -0.478 e. The molecule has 1 aliphatic rings. The highest BCUT2D eigenvalue weighted by Crippen LogP contribution is 2.42. The predicted octanol–water partition coefficient (Wildman–Crippen LogP) is 11.9. The smallest absolute Gasteiger partial charge is 0.335 e. The van der Waals surface area contributed by atoms with Gasteiger partial charge < -0.3 is 10.0 Å². The van der Waals surface area contributed by atoms with Crippen molar-refractivity contribution in [2.24, 2.45) is 0 Å². The van der Waals surface area contributed by atoms with E-state index in [9.17, 15) is 35.8 Å². The van der Waals surface area contributed by atoms with E-state index in [4.69, 9.17) is 0 Å². The van der Waals surface area contributed by atoms with Crippen molar-refractivity contribution in [1.82, 2.24) is 0 Å². The molecule has 0 heterocycles. The van der Waals surface area contributed by atoms with E-state index in [-0.39, 0.29) is 17.1 Å². The zero-order valence-electron chi connectivity index (χ0n) is 36.8. The normalized spacial score (nSPS) is 15.1. The van der Waals surface area contributed by atoms with Crippen LogP contribution in [0, 0.1) is 13.8 Å². The molecule has 10 nitrogen and oxygen atoms in total. The number of anilines is 1. The number of carboxylic acid groups (broad SMARTS) is 1. The molecule has 0 atom stereocenters. The van der Waals surface area contributed by atoms with E-state index >= 15 is 0 Å². The van der Waals surface area contributed by atoms with Gasteiger partial charge in [-0.15, -0.1) is 0 Å². The van der Waals surface area contributed by atoms with E-state index in [1.807, 2.05) is 36.4 Å². The van der Waals surface area contributed by atoms with Gasteiger partial charge in [0, 0.05) is 58.8 Å². The van der Waals surface area contributed by atoms with Crippen molar-refractivity contribution in [2.45, 2.75) is 77.5 Å². The first kappa shape index (κ1) is 48.2. The maximum atomic E-state index is 11.7. The van der Waals surface area contributed by atoms with Gasteiger partial charge >= 0.3 is 5.97 Å². The third kappa shape index (κ3) is 12.9. The minimum atomic E-state index is -4.08. The van der Waals surface area contributed by atoms with Gasteiger partial charge in [-0.2, -0.15) is 21.4 Å². The molecule has 0 saturated carbocycles. The Morgan fingerprint density at radius 1 is 0.750 bits per heavy atom. The van der Waals surface area contributed by atoms with Gasteiger partial charge in [0.15, 0.2) is 5.71 Å². The molecule has 1 aliphatic carbocycles. The molecule has 0 aromatic heterocycles. The largest absolute Gasteiger partial charge is 0.478 e. The summed E-state index contributed by atoms with van der Waals surface area (Å²) in [6.45, 7) is 9.39. The standard InChI is InChI=1S/C51H56N2O8S3/c1-36(52(32-9-11-34-63(56,57)58)48-30-26-40-14-5-7-18-46(40)38(48)3)20-22-42-16-13-17-43(50(42)62-45-28-24-44(25-29-45)51(54)55)23-21-37(2)53(33-10-12-35-64(59,60)61)49-31-27-41-15-6-8-19-47(41)39(49)4/h5-8,14-15,18-31H,9-13,16-17,32-35H2,1-4H3,(H2-,54,55,56,57,58,59,60,61)/p+1. The van der Waals surface area contributed by atoms with E-state index in [1.54, 1.807) is 23.9 Å². The average molecular weight is 922 g/mol. The van der Waals surface area contributed by atoms with Gasteiger partial charge in [-0.05, 0) is 140 Å². The molecule has 336 valence electrons. The molecule has 0 aliphatic heterocycles. The Morgan fingerprint density at radius 3 is 2.00 bits per heavy atom. The van der Waals surface area contributed by atoms with Crippen LogP contribution in [0.4, 0.5) is 11.4 Å². The molecule has 5 aromatic carbocycles. The lowest BCUT2D eigenvalue weighted by Gasteiger charge is -2.28. The third-order valence-corrected chi connectivity index (χ3v) is 14.5. The van der Waals surface area contributed by atoms with Gasteiger partial charge in [0.05, 0.1) is 17.1 Å². The van der Waals surface area contributed by atoms with E-state index in [1.165, 1.54) is 0 Å². The summed E-state index contributed by atoms with van der Waals surface area (Å²) in [5.41, 5.74) is 8.66. The second-order valence-corrected chi connectivity index (χ2v) is 20.5. The number of benzene rings is 5. The molecular formula is C51H57N2O8S3+. The molecule has 13 heteroatoms. The maximum absolute atomic E-state index is 11.7. The fourth-order valence-electron chi connectivity index (χ4n) is 8.26. The van der Waals surface area contributed by atoms with Crippen LogP contribution in [0.5, 0.6) is 0 Å². The first-order valence-corrected chi connectivity index (χ1v) is 25.6. The monoisotopic (exact) mass is 921 g/mol. The Bertz CT molecular complexity index is 2910. The molecule has 0 amide bonds. The van der Waals surface area contributed by atoms with Crippen LogP contribution < -0.4 is 4.90 Å². The number of unbranched alkanes of at least 4 members (excludes halogenated alkanes) is 2. The lowest BCUT2D eigenvalue weighted by molar-refractivity contribution is -0.441. The van der Waals surface area contributed by atoms with Crippen molar-refractivity contribution < 1.29 is 40.4 Å². The maximum Gasteiger partial charge on any atom is 0.335 e. The van der Waals surface area contributed by atoms with Crippen LogP contribution in [-0.2, 0) is 20.2 Å². The molecular weight excluding hydrogens is 865 g/mol. The summed E-state index contributed by atoms with van der Waals surface area (Å²) in [4.78, 5) is 15.9. The van der Waals surface area contributed by atoms with E-state index in [0.29, 0.717) is 38.8 Å². The molecule has 0 fully saturated rings. The topological polar surface area (TPSA) is 152 Å². The van der Waals surface area contributed by atoms with Crippen LogP contribution in [0.25, 0.3) is 21.5 Å². The number of nitrogens with zero attached hydrogens (tertiary/aromatic N) is 2. The van der Waals surface area contributed by atoms with E-state index < -0.39 is 26.2 Å². The highest BCUT2D eigenvalue weighted by atomic mass is 32.2. The molecule has 0 radical (unpaired) electrons. The molecule has 0 bridgehead atoms. The summed E-state index contributed by atoms with van der Waals surface area (Å²) >= 11 is 1.60. The number of aryl methyl sites for hydroxylation is 2. The molecule has 5 aromatic rings. The summed E-state index contributed by atoms with van der Waals surface area (Å²) in [6, 6.07) is 31.8. The van der Waals surface area contributed by atoms with E-state index in [0.717, 1.165) is 95.7 Å². The number of hydrogen-bond acceptors (Lipinski definition) is 7. The SMILES string of the molecule is C/C(=C\C=C1/CCCC(/C=C/C(C)=[N+](\CCCCS(=O)(=O)O)c2ccc3ccccc3c2C)=C1Sc1ccc(C(=O)O)cc1)N(CCCCS(=O)(=O)O)c1ccc2ccccc2c1C. The first-order chi connectivity index (χ1) is 30.5. The quantitative estimate of drug-likeness (QED) is 0.0316. The number of carboxylic acids is 1. The number of fused-ring (bicyclic) bond motifs is 2. The van der Waals surface area contributed by atoms with E-state index in [2.05, 4.69) is 110 Å². The van der Waals surface area contributed by atoms with Crippen molar-refractivity contribution in [3.63, 3.8) is 0 Å². The van der Waals surface area contributed by atoms with Gasteiger partial charge in [0.1, 0.15) is 6.54 Å². The molecule has 6 rings (SSSR count). The van der Waals surface area contributed by atoms with Gasteiger partial charge in [0.25, 0.3) is 20.2 Å². The number of thioether (sulfide) groups is 1. The van der Waals surface area contributed by atoms with Crippen LogP contribution in [0.2, 0.25) is 0 Å². The summed E-state index contributed by atoms with van der Waals surface area (Å²) in [6.07, 6.45) is 12.8. The van der Waals surface area contributed by atoms with Crippen molar-refractivity contribution in [3.05, 3.63) is 160 Å². The summed E-state index contributed by atoms with van der Waals surface area (Å²) < 4.78 is 67.3. The molecule has 0 spiro atoms. The average Bonchev–Trinajstić information content (AvgIpc) is 3.26. The van der Waals surface area contributed by atoms with Crippen LogP contribution >= 0.6 is 11.8 Å². The summed E-state index contributed by atoms with van der Waals surface area (Å²) in [5.74, 6) is -1.59. The minimum absolute atomic E-state index is 0.211. The Hall–Kier alpha value is -5.31. The highest BCUT2D eigenvalue weighted by molar-refractivity contribution is 8.03. The molecule has 0 saturated heterocycles. The van der Waals surface area contributed by atoms with Crippen LogP contribution in [0.15, 0.2) is 148 Å². The Kier molecular flexibility index (Phi) is 16.2. The second-order valence-electron chi connectivity index (χ2n) is 16.3. The molecule has 0 unspecified atom stereocenters. The van der Waals surface area contributed by atoms with Crippen molar-refractivity contribution in [1.29, 1.82) is 0 Å². The Labute approximate surface area is 381 Å². The number of aromatic carboxylic acids is 1. The Balaban J connectivity index is 1.42. The predicted molar refractivity (Wildman–Crippen MR) is 263 cm³/mol. The van der Waals surface area contributed by atoms with Crippen molar-refractivity contribution in [2.75, 3.05) is 29.5 Å². The lowest BCUT2D eigenvalue weighted by atomic mass is 9.93. The zero-order valence-corrected chi connectivity index (χ0v) is 39.3. The van der Waals surface area contributed by atoms with Crippen LogP contribution in [0.1, 0.15) is 80.3 Å². The number of rotatable bonds is 19. The van der Waals surface area contributed by atoms with Gasteiger partial charge in [-0.1, -0.05) is 78.5 Å². The molecule has 64 heavy (non-hydrogen) atoms. The first-order valence-electron chi connectivity index (χ1n) is 21.5. The van der Waals surface area contributed by atoms with Gasteiger partial charge in [-0.3, -0.25) is 9.11 Å². The van der Waals surface area contributed by atoms with Crippen LogP contribution in [0.3, 0.4) is 0 Å². The Morgan fingerprint density at radius 2 is 1.36 bits per heavy atom. The van der Waals surface area contributed by atoms with Crippen LogP contribution in [-0.4, -0.2) is 71.9 Å². The van der Waals surface area contributed by atoms with Crippen molar-refractivity contribution in [3.8, 4) is 0 Å². The number of allylic oxidation sites excluding steroid dienone is 7. The molecule has 3 N–H and O–H groups in total. The summed E-state index contributed by atoms with van der Waals surface area (Å²) in [5, 5.41) is 14.1. The number of hydrogen-bond donors (Lipinski definition) is 3. The summed E-state index contributed by atoms with van der Waals surface area (Å²) in [7, 11) is -8.16. The highest BCUT2D eigenvalue weighted by Gasteiger charge is 2.22. The van der Waals surface area contributed by atoms with Gasteiger partial charge in [-0.25, -0.2) is 4.79 Å². The number of carbonyl (C=O) groups is 1. The fourth-order valence-corrected chi connectivity index (χ4v) is 10.5. The third-order valence-electron chi connectivity index (χ3n) is 11.7. The lowest BCUT2D eigenvalue weighted by Crippen LogP contribution is -2.24. The second kappa shape index (κ2) is 21.6. The fraction of sp³-hybridized carbons (Fsp3) is 0.294. The zero-order chi connectivity index (χ0) is 46.0. The van der Waals surface area contributed by atoms with Gasteiger partial charge in [0.2, 0.25) is 5.69 Å². The van der Waals surface area contributed by atoms with Crippen molar-refractivity contribution >= 4 is 76.6 Å².